The van der Waals surface area contributed by atoms with Crippen molar-refractivity contribution in [2.24, 2.45) is 0 Å². The number of nitrogens with zero attached hydrogens (tertiary/aromatic N) is 1. The zero-order valence-corrected chi connectivity index (χ0v) is 17.0. The monoisotopic (exact) mass is 402 g/mol. The second kappa shape index (κ2) is 8.75. The highest BCUT2D eigenvalue weighted by molar-refractivity contribution is 7.89. The summed E-state index contributed by atoms with van der Waals surface area (Å²) in [5, 5.41) is 3.05. The molecule has 0 spiro atoms. The van der Waals surface area contributed by atoms with Crippen molar-refractivity contribution < 1.29 is 17.9 Å². The quantitative estimate of drug-likeness (QED) is 0.717. The van der Waals surface area contributed by atoms with Crippen LogP contribution < -0.4 is 10.1 Å². The second-order valence-electron chi connectivity index (χ2n) is 6.99. The van der Waals surface area contributed by atoms with Crippen LogP contribution in [0.3, 0.4) is 0 Å². The molecule has 1 aliphatic rings. The van der Waals surface area contributed by atoms with E-state index in [1.807, 2.05) is 6.92 Å². The van der Waals surface area contributed by atoms with Crippen molar-refractivity contribution in [3.8, 4) is 5.75 Å². The molecule has 7 heteroatoms. The number of sulfonamides is 1. The van der Waals surface area contributed by atoms with Gasteiger partial charge in [-0.3, -0.25) is 4.79 Å². The van der Waals surface area contributed by atoms with Gasteiger partial charge in [-0.2, -0.15) is 4.31 Å². The van der Waals surface area contributed by atoms with Gasteiger partial charge in [0, 0.05) is 23.8 Å². The first-order chi connectivity index (χ1) is 13.4. The molecule has 3 rings (SSSR count). The Labute approximate surface area is 166 Å². The summed E-state index contributed by atoms with van der Waals surface area (Å²) < 4.78 is 32.4. The smallest absolute Gasteiger partial charge is 0.243 e. The number of hydrogen-bond acceptors (Lipinski definition) is 5. The lowest BCUT2D eigenvalue weighted by atomic mass is 10.1. The highest BCUT2D eigenvalue weighted by Gasteiger charge is 2.30. The van der Waals surface area contributed by atoms with Crippen LogP contribution in [-0.2, 0) is 10.0 Å². The van der Waals surface area contributed by atoms with E-state index < -0.39 is 10.0 Å². The van der Waals surface area contributed by atoms with Crippen molar-refractivity contribution in [2.75, 3.05) is 25.5 Å². The molecule has 1 heterocycles. The Hall–Kier alpha value is -2.38. The minimum Gasteiger partial charge on any atom is -0.497 e. The summed E-state index contributed by atoms with van der Waals surface area (Å²) in [5.74, 6) is 0.644. The summed E-state index contributed by atoms with van der Waals surface area (Å²) in [7, 11) is -1.90. The summed E-state index contributed by atoms with van der Waals surface area (Å²) in [6.07, 6.45) is 2.86. The number of benzene rings is 2. The molecule has 0 saturated carbocycles. The molecule has 1 fully saturated rings. The van der Waals surface area contributed by atoms with Crippen LogP contribution in [0.25, 0.3) is 0 Å². The standard InChI is InChI=1S/C21H26N2O4S/c1-16-5-3-4-14-23(16)28(25,26)20-12-8-18(9-13-20)22-15-21(24)17-6-10-19(27-2)11-7-17/h6-13,16,22H,3-5,14-15H2,1-2H3. The van der Waals surface area contributed by atoms with Gasteiger partial charge in [0.25, 0.3) is 0 Å². The van der Waals surface area contributed by atoms with E-state index in [1.165, 1.54) is 0 Å². The maximum absolute atomic E-state index is 12.9. The van der Waals surface area contributed by atoms with Crippen LogP contribution in [0.5, 0.6) is 5.75 Å². The van der Waals surface area contributed by atoms with Crippen LogP contribution in [0.15, 0.2) is 53.4 Å². The van der Waals surface area contributed by atoms with Gasteiger partial charge in [0.2, 0.25) is 10.0 Å². The number of Topliss-reactive ketones (excluding diaryl/α,β-unsaturated/α-hetero) is 1. The number of nitrogens with one attached hydrogen (secondary N) is 1. The predicted molar refractivity (Wildman–Crippen MR) is 109 cm³/mol. The van der Waals surface area contributed by atoms with Crippen molar-refractivity contribution in [3.63, 3.8) is 0 Å². The van der Waals surface area contributed by atoms with Gasteiger partial charge in [-0.15, -0.1) is 0 Å². The third-order valence-corrected chi connectivity index (χ3v) is 7.10. The fourth-order valence-electron chi connectivity index (χ4n) is 3.37. The van der Waals surface area contributed by atoms with E-state index in [9.17, 15) is 13.2 Å². The number of rotatable bonds is 7. The topological polar surface area (TPSA) is 75.7 Å². The fourth-order valence-corrected chi connectivity index (χ4v) is 5.07. The molecule has 1 saturated heterocycles. The van der Waals surface area contributed by atoms with E-state index in [2.05, 4.69) is 5.32 Å². The van der Waals surface area contributed by atoms with E-state index in [4.69, 9.17) is 4.74 Å². The highest BCUT2D eigenvalue weighted by atomic mass is 32.2. The van der Waals surface area contributed by atoms with Gasteiger partial charge in [-0.1, -0.05) is 6.42 Å². The number of hydrogen-bond donors (Lipinski definition) is 1. The van der Waals surface area contributed by atoms with Crippen LogP contribution in [-0.4, -0.2) is 44.7 Å². The molecule has 1 unspecified atom stereocenters. The van der Waals surface area contributed by atoms with Crippen molar-refractivity contribution in [3.05, 3.63) is 54.1 Å². The number of carbonyl (C=O) groups excluding carboxylic acids is 1. The van der Waals surface area contributed by atoms with Gasteiger partial charge in [0.15, 0.2) is 5.78 Å². The van der Waals surface area contributed by atoms with Crippen LogP contribution in [0.4, 0.5) is 5.69 Å². The highest BCUT2D eigenvalue weighted by Crippen LogP contribution is 2.25. The molecule has 1 N–H and O–H groups in total. The van der Waals surface area contributed by atoms with Gasteiger partial charge in [0.05, 0.1) is 18.6 Å². The molecule has 6 nitrogen and oxygen atoms in total. The zero-order chi connectivity index (χ0) is 20.1. The SMILES string of the molecule is COc1ccc(C(=O)CNc2ccc(S(=O)(=O)N3CCCCC3C)cc2)cc1. The maximum atomic E-state index is 12.9. The minimum absolute atomic E-state index is 0.0265. The van der Waals surface area contributed by atoms with Gasteiger partial charge in [-0.25, -0.2) is 8.42 Å². The molecule has 0 amide bonds. The van der Waals surface area contributed by atoms with Crippen molar-refractivity contribution in [1.29, 1.82) is 0 Å². The summed E-state index contributed by atoms with van der Waals surface area (Å²) in [4.78, 5) is 12.6. The number of ether oxygens (including phenoxy) is 1. The van der Waals surface area contributed by atoms with Crippen molar-refractivity contribution in [2.45, 2.75) is 37.1 Å². The summed E-state index contributed by atoms with van der Waals surface area (Å²) in [5.41, 5.74) is 1.29. The Morgan fingerprint density at radius 1 is 1.11 bits per heavy atom. The Morgan fingerprint density at radius 3 is 2.39 bits per heavy atom. The van der Waals surface area contributed by atoms with E-state index in [0.717, 1.165) is 19.3 Å². The van der Waals surface area contributed by atoms with Crippen LogP contribution in [0.2, 0.25) is 0 Å². The summed E-state index contributed by atoms with van der Waals surface area (Å²) in [6.45, 7) is 2.65. The molecule has 2 aromatic carbocycles. The number of methoxy groups -OCH3 is 1. The lowest BCUT2D eigenvalue weighted by Crippen LogP contribution is -2.41. The largest absolute Gasteiger partial charge is 0.497 e. The molecule has 1 aliphatic heterocycles. The van der Waals surface area contributed by atoms with E-state index in [-0.39, 0.29) is 23.3 Å². The molecule has 150 valence electrons. The van der Waals surface area contributed by atoms with Gasteiger partial charge < -0.3 is 10.1 Å². The summed E-state index contributed by atoms with van der Waals surface area (Å²) >= 11 is 0. The molecule has 2 aromatic rings. The van der Waals surface area contributed by atoms with Gasteiger partial charge in [-0.05, 0) is 68.3 Å². The first-order valence-corrected chi connectivity index (χ1v) is 10.9. The molecule has 0 radical (unpaired) electrons. The molecule has 1 atom stereocenters. The van der Waals surface area contributed by atoms with Crippen LogP contribution in [0, 0.1) is 0 Å². The lowest BCUT2D eigenvalue weighted by Gasteiger charge is -2.32. The minimum atomic E-state index is -3.48. The van der Waals surface area contributed by atoms with Crippen LogP contribution in [0.1, 0.15) is 36.5 Å². The van der Waals surface area contributed by atoms with Gasteiger partial charge >= 0.3 is 0 Å². The third kappa shape index (κ3) is 4.54. The molecule has 0 aliphatic carbocycles. The maximum Gasteiger partial charge on any atom is 0.243 e. The van der Waals surface area contributed by atoms with Gasteiger partial charge in [0.1, 0.15) is 5.75 Å². The van der Waals surface area contributed by atoms with E-state index in [1.54, 1.807) is 59.9 Å². The van der Waals surface area contributed by atoms with Crippen molar-refractivity contribution in [1.82, 2.24) is 4.31 Å². The predicted octanol–water partition coefficient (Wildman–Crippen LogP) is 3.55. The third-order valence-electron chi connectivity index (χ3n) is 5.07. The molecule has 0 bridgehead atoms. The number of ketones is 1. The molecule has 28 heavy (non-hydrogen) atoms. The van der Waals surface area contributed by atoms with Crippen LogP contribution >= 0.6 is 0 Å². The zero-order valence-electron chi connectivity index (χ0n) is 16.2. The fraction of sp³-hybridized carbons (Fsp3) is 0.381. The van der Waals surface area contributed by atoms with E-state index >= 15 is 0 Å². The molecular formula is C21H26N2O4S. The Bertz CT molecular complexity index is 908. The molecule has 0 aromatic heterocycles. The second-order valence-corrected chi connectivity index (χ2v) is 8.88. The average Bonchev–Trinajstić information content (AvgIpc) is 2.72. The first-order valence-electron chi connectivity index (χ1n) is 9.45. The average molecular weight is 403 g/mol. The number of anilines is 1. The number of piperidine rings is 1. The summed E-state index contributed by atoms with van der Waals surface area (Å²) in [6, 6.07) is 13.5. The lowest BCUT2D eigenvalue weighted by molar-refractivity contribution is 0.101. The van der Waals surface area contributed by atoms with E-state index in [0.29, 0.717) is 23.5 Å². The Balaban J connectivity index is 1.63. The Kier molecular flexibility index (Phi) is 6.36. The molecular weight excluding hydrogens is 376 g/mol. The Morgan fingerprint density at radius 2 is 1.79 bits per heavy atom. The first kappa shape index (κ1) is 20.4. The normalized spacial score (nSPS) is 17.9. The number of carbonyl (C=O) groups is 1. The van der Waals surface area contributed by atoms with Crippen molar-refractivity contribution >= 4 is 21.5 Å².